The van der Waals surface area contributed by atoms with E-state index in [9.17, 15) is 14.7 Å². The van der Waals surface area contributed by atoms with Crippen LogP contribution in [0.5, 0.6) is 0 Å². The number of hydrogen-bond acceptors (Lipinski definition) is 6. The van der Waals surface area contributed by atoms with E-state index in [2.05, 4.69) is 29.1 Å². The average molecular weight is 470 g/mol. The number of hydrogen-bond donors (Lipinski definition) is 2. The van der Waals surface area contributed by atoms with Crippen molar-refractivity contribution in [2.45, 2.75) is 83.8 Å². The molecule has 2 aromatic rings. The number of rotatable bonds is 11. The minimum absolute atomic E-state index is 0.0807. The average Bonchev–Trinajstić information content (AvgIpc) is 2.85. The number of amides is 1. The molecule has 0 spiro atoms. The predicted molar refractivity (Wildman–Crippen MR) is 132 cm³/mol. The molecule has 2 N–H and O–H groups in total. The fourth-order valence-electron chi connectivity index (χ4n) is 4.83. The molecule has 7 heteroatoms. The lowest BCUT2D eigenvalue weighted by Gasteiger charge is -2.30. The lowest BCUT2D eigenvalue weighted by Crippen LogP contribution is -2.38. The molecule has 1 aromatic carbocycles. The number of esters is 1. The summed E-state index contributed by atoms with van der Waals surface area (Å²) < 4.78 is 5.87. The zero-order valence-corrected chi connectivity index (χ0v) is 20.7. The highest BCUT2D eigenvalue weighted by atomic mass is 16.6. The number of nitrogens with zero attached hydrogens (tertiary/aromatic N) is 2. The Balaban J connectivity index is 1.75. The van der Waals surface area contributed by atoms with Gasteiger partial charge in [0.15, 0.2) is 5.69 Å². The Morgan fingerprint density at radius 2 is 1.82 bits per heavy atom. The molecule has 1 saturated carbocycles. The van der Waals surface area contributed by atoms with Crippen LogP contribution in [0.2, 0.25) is 0 Å². The van der Waals surface area contributed by atoms with E-state index in [4.69, 9.17) is 4.74 Å². The summed E-state index contributed by atoms with van der Waals surface area (Å²) in [5.41, 5.74) is 1.45. The van der Waals surface area contributed by atoms with Crippen LogP contribution in [0.15, 0.2) is 30.5 Å². The van der Waals surface area contributed by atoms with Crippen LogP contribution < -0.4 is 5.32 Å². The van der Waals surface area contributed by atoms with Crippen molar-refractivity contribution < 1.29 is 19.4 Å². The van der Waals surface area contributed by atoms with Gasteiger partial charge in [0.1, 0.15) is 6.10 Å². The molecule has 1 heterocycles. The first kappa shape index (κ1) is 26.1. The molecule has 1 aliphatic carbocycles. The molecule has 0 radical (unpaired) electrons. The molecule has 1 aromatic heterocycles. The molecule has 3 atom stereocenters. The molecule has 1 amide bonds. The van der Waals surface area contributed by atoms with Crippen LogP contribution in [0.25, 0.3) is 11.0 Å². The Morgan fingerprint density at radius 1 is 1.12 bits per heavy atom. The van der Waals surface area contributed by atoms with Crippen LogP contribution in [0.3, 0.4) is 0 Å². The summed E-state index contributed by atoms with van der Waals surface area (Å²) >= 11 is 0. The lowest BCUT2D eigenvalue weighted by atomic mass is 9.82. The maximum atomic E-state index is 13.0. The topological polar surface area (TPSA) is 101 Å². The summed E-state index contributed by atoms with van der Waals surface area (Å²) in [7, 11) is 1.62. The van der Waals surface area contributed by atoms with Gasteiger partial charge in [-0.05, 0) is 43.2 Å². The number of aliphatic hydroxyl groups excluding tert-OH is 1. The summed E-state index contributed by atoms with van der Waals surface area (Å²) in [6.45, 7) is 4.24. The number of nitrogens with one attached hydrogen (secondary N) is 1. The monoisotopic (exact) mass is 469 g/mol. The van der Waals surface area contributed by atoms with Crippen molar-refractivity contribution >= 4 is 22.9 Å². The van der Waals surface area contributed by atoms with E-state index >= 15 is 0 Å². The lowest BCUT2D eigenvalue weighted by molar-refractivity contribution is -0.126. The maximum Gasteiger partial charge on any atom is 0.358 e. The van der Waals surface area contributed by atoms with Gasteiger partial charge in [-0.25, -0.2) is 9.78 Å². The molecule has 34 heavy (non-hydrogen) atoms. The number of carbonyl (C=O) groups excluding carboxylic acids is 2. The minimum atomic E-state index is -0.922. The molecule has 0 unspecified atom stereocenters. The molecule has 7 nitrogen and oxygen atoms in total. The van der Waals surface area contributed by atoms with Crippen molar-refractivity contribution in [3.8, 4) is 0 Å². The van der Waals surface area contributed by atoms with Crippen molar-refractivity contribution in [1.29, 1.82) is 0 Å². The van der Waals surface area contributed by atoms with Gasteiger partial charge >= 0.3 is 5.97 Å². The highest BCUT2D eigenvalue weighted by Gasteiger charge is 2.32. The van der Waals surface area contributed by atoms with Crippen molar-refractivity contribution in [3.63, 3.8) is 0 Å². The Kier molecular flexibility index (Phi) is 9.81. The molecule has 0 bridgehead atoms. The summed E-state index contributed by atoms with van der Waals surface area (Å²) in [4.78, 5) is 34.2. The van der Waals surface area contributed by atoms with Crippen molar-refractivity contribution in [2.24, 2.45) is 17.8 Å². The van der Waals surface area contributed by atoms with Gasteiger partial charge in [0.05, 0.1) is 23.3 Å². The van der Waals surface area contributed by atoms with Gasteiger partial charge in [-0.1, -0.05) is 64.5 Å². The number of carbonyl (C=O) groups is 2. The van der Waals surface area contributed by atoms with Crippen LogP contribution in [0, 0.1) is 17.8 Å². The Morgan fingerprint density at radius 3 is 2.50 bits per heavy atom. The third-order valence-corrected chi connectivity index (χ3v) is 6.87. The Labute approximate surface area is 202 Å². The van der Waals surface area contributed by atoms with E-state index < -0.39 is 18.2 Å². The van der Waals surface area contributed by atoms with Gasteiger partial charge in [0, 0.05) is 13.0 Å². The highest BCUT2D eigenvalue weighted by molar-refractivity contribution is 5.89. The first-order valence-corrected chi connectivity index (χ1v) is 12.7. The van der Waals surface area contributed by atoms with Crippen molar-refractivity contribution in [1.82, 2.24) is 15.3 Å². The van der Waals surface area contributed by atoms with Crippen LogP contribution in [0.4, 0.5) is 0 Å². The molecular formula is C27H39N3O4. The van der Waals surface area contributed by atoms with Crippen molar-refractivity contribution in [3.05, 3.63) is 36.2 Å². The number of aliphatic hydroxyl groups is 1. The molecule has 1 aliphatic rings. The highest BCUT2D eigenvalue weighted by Crippen LogP contribution is 2.31. The number of benzene rings is 1. The second-order valence-corrected chi connectivity index (χ2v) is 10.0. The third kappa shape index (κ3) is 7.49. The van der Waals surface area contributed by atoms with Crippen LogP contribution in [-0.4, -0.2) is 46.2 Å². The molecule has 1 fully saturated rings. The second kappa shape index (κ2) is 12.8. The van der Waals surface area contributed by atoms with E-state index in [1.807, 2.05) is 18.2 Å². The van der Waals surface area contributed by atoms with E-state index in [0.717, 1.165) is 32.1 Å². The van der Waals surface area contributed by atoms with Gasteiger partial charge in [-0.3, -0.25) is 9.78 Å². The molecular weight excluding hydrogens is 430 g/mol. The van der Waals surface area contributed by atoms with E-state index in [1.54, 1.807) is 13.1 Å². The summed E-state index contributed by atoms with van der Waals surface area (Å²) in [5, 5.41) is 13.9. The number of fused-ring (bicyclic) bond motifs is 1. The zero-order valence-electron chi connectivity index (χ0n) is 20.7. The van der Waals surface area contributed by atoms with Crippen LogP contribution in [-0.2, 0) is 9.53 Å². The molecule has 3 rings (SSSR count). The van der Waals surface area contributed by atoms with E-state index in [0.29, 0.717) is 35.7 Å². The van der Waals surface area contributed by atoms with Gasteiger partial charge in [-0.15, -0.1) is 0 Å². The number of ether oxygens (including phenoxy) is 1. The third-order valence-electron chi connectivity index (χ3n) is 6.87. The minimum Gasteiger partial charge on any atom is -0.455 e. The zero-order chi connectivity index (χ0) is 24.5. The fourth-order valence-corrected chi connectivity index (χ4v) is 4.83. The Hall–Kier alpha value is -2.54. The maximum absolute atomic E-state index is 13.0. The molecule has 186 valence electrons. The van der Waals surface area contributed by atoms with Gasteiger partial charge in [0.25, 0.3) is 0 Å². The van der Waals surface area contributed by atoms with Gasteiger partial charge in [-0.2, -0.15) is 0 Å². The SMILES string of the molecule is CNC(=O)[C@H](CCC(C)C)C[C@H](O)[C@H](CC1CCCCC1)OC(=O)c1cnc2ccccc2n1. The normalized spacial score (nSPS) is 17.3. The fraction of sp³-hybridized carbons (Fsp3) is 0.630. The number of para-hydroxylation sites is 2. The number of aromatic nitrogens is 2. The summed E-state index contributed by atoms with van der Waals surface area (Å²) in [6.07, 6.45) is 7.95. The van der Waals surface area contributed by atoms with Crippen LogP contribution in [0.1, 0.15) is 82.1 Å². The Bertz CT molecular complexity index is 942. The standard InChI is InChI=1S/C27H39N3O4/c1-18(2)13-14-20(26(32)28-3)16-24(31)25(15-19-9-5-4-6-10-19)34-27(33)23-17-29-21-11-7-8-12-22(21)30-23/h7-8,11-12,17-20,24-25,31H,4-6,9-10,13-16H2,1-3H3,(H,28,32)/t20-,24+,25+/m1/s1. The molecule has 0 saturated heterocycles. The quantitative estimate of drug-likeness (QED) is 0.464. The summed E-state index contributed by atoms with van der Waals surface area (Å²) in [5.74, 6) is -0.125. The van der Waals surface area contributed by atoms with Crippen molar-refractivity contribution in [2.75, 3.05) is 7.05 Å². The molecule has 0 aliphatic heterocycles. The predicted octanol–water partition coefficient (Wildman–Crippen LogP) is 4.68. The first-order chi connectivity index (χ1) is 16.4. The largest absolute Gasteiger partial charge is 0.455 e. The smallest absolute Gasteiger partial charge is 0.358 e. The van der Waals surface area contributed by atoms with Gasteiger partial charge in [0.2, 0.25) is 5.91 Å². The second-order valence-electron chi connectivity index (χ2n) is 10.0. The summed E-state index contributed by atoms with van der Waals surface area (Å²) in [6, 6.07) is 7.35. The first-order valence-electron chi connectivity index (χ1n) is 12.7. The van der Waals surface area contributed by atoms with E-state index in [1.165, 1.54) is 12.6 Å². The van der Waals surface area contributed by atoms with Gasteiger partial charge < -0.3 is 15.2 Å². The van der Waals surface area contributed by atoms with Crippen LogP contribution >= 0.6 is 0 Å². The van der Waals surface area contributed by atoms with E-state index in [-0.39, 0.29) is 23.9 Å².